The molecule has 0 unspecified atom stereocenters. The molecular formula is C19H31Cl2N3O2. The highest BCUT2D eigenvalue weighted by molar-refractivity contribution is 5.94. The van der Waals surface area contributed by atoms with Crippen LogP contribution in [0.1, 0.15) is 36.2 Å². The summed E-state index contributed by atoms with van der Waals surface area (Å²) in [5.74, 6) is 0.548. The maximum absolute atomic E-state index is 12.5. The predicted octanol–water partition coefficient (Wildman–Crippen LogP) is 2.26. The van der Waals surface area contributed by atoms with Gasteiger partial charge < -0.3 is 15.8 Å². The summed E-state index contributed by atoms with van der Waals surface area (Å²) in [6, 6.07) is 8.40. The lowest BCUT2D eigenvalue weighted by molar-refractivity contribution is -0.0683. The zero-order chi connectivity index (χ0) is 17.1. The minimum Gasteiger partial charge on any atom is -0.375 e. The number of nitrogens with one attached hydrogen (secondary N) is 1. The van der Waals surface area contributed by atoms with Crippen LogP contribution in [0.15, 0.2) is 24.3 Å². The molecule has 2 aliphatic rings. The van der Waals surface area contributed by atoms with Crippen LogP contribution in [0.3, 0.4) is 0 Å². The largest absolute Gasteiger partial charge is 0.375 e. The lowest BCUT2D eigenvalue weighted by Crippen LogP contribution is -2.48. The molecule has 7 heteroatoms. The number of hydrogen-bond donors (Lipinski definition) is 2. The summed E-state index contributed by atoms with van der Waals surface area (Å²) >= 11 is 0. The lowest BCUT2D eigenvalue weighted by Gasteiger charge is -2.36. The van der Waals surface area contributed by atoms with Gasteiger partial charge in [-0.15, -0.1) is 24.8 Å². The summed E-state index contributed by atoms with van der Waals surface area (Å²) in [5, 5.41) is 3.19. The Balaban J connectivity index is 0.00000169. The standard InChI is InChI=1S/C19H29N3O2.2ClH/c1-13(2)18-11-22-10-16(9-17(22)12-24-18)21-19(23)15-5-3-14(4-6-15)7-8-20;;/h3-6,13,16-18H,7-12,20H2,1-2H3,(H,21,23);2*1H/t16-,17+,18-;;/m1../s1. The van der Waals surface area contributed by atoms with Gasteiger partial charge in [0.2, 0.25) is 0 Å². The molecule has 0 aliphatic carbocycles. The predicted molar refractivity (Wildman–Crippen MR) is 110 cm³/mol. The molecule has 0 bridgehead atoms. The first-order valence-electron chi connectivity index (χ1n) is 9.02. The van der Waals surface area contributed by atoms with Crippen molar-refractivity contribution in [3.05, 3.63) is 35.4 Å². The molecule has 1 amide bonds. The number of halogens is 2. The van der Waals surface area contributed by atoms with E-state index in [9.17, 15) is 4.79 Å². The van der Waals surface area contributed by atoms with Gasteiger partial charge in [-0.1, -0.05) is 26.0 Å². The second-order valence-corrected chi connectivity index (χ2v) is 7.37. The number of rotatable bonds is 5. The number of hydrogen-bond acceptors (Lipinski definition) is 4. The highest BCUT2D eigenvalue weighted by Crippen LogP contribution is 2.26. The zero-order valence-electron chi connectivity index (χ0n) is 15.5. The Labute approximate surface area is 168 Å². The van der Waals surface area contributed by atoms with Gasteiger partial charge in [0.15, 0.2) is 0 Å². The Hall–Kier alpha value is -0.850. The number of nitrogens with zero attached hydrogens (tertiary/aromatic N) is 1. The van der Waals surface area contributed by atoms with Gasteiger partial charge in [-0.2, -0.15) is 0 Å². The average molecular weight is 404 g/mol. The van der Waals surface area contributed by atoms with Crippen LogP contribution in [0, 0.1) is 5.92 Å². The van der Waals surface area contributed by atoms with Crippen molar-refractivity contribution in [1.82, 2.24) is 10.2 Å². The van der Waals surface area contributed by atoms with Gasteiger partial charge in [0.25, 0.3) is 5.91 Å². The second-order valence-electron chi connectivity index (χ2n) is 7.37. The van der Waals surface area contributed by atoms with Crippen LogP contribution in [-0.2, 0) is 11.2 Å². The van der Waals surface area contributed by atoms with E-state index in [2.05, 4.69) is 24.1 Å². The third kappa shape index (κ3) is 5.57. The molecule has 0 saturated carbocycles. The molecule has 3 rings (SSSR count). The number of benzene rings is 1. The third-order valence-corrected chi connectivity index (χ3v) is 5.17. The maximum atomic E-state index is 12.5. The molecule has 3 N–H and O–H groups in total. The van der Waals surface area contributed by atoms with E-state index in [1.165, 1.54) is 5.56 Å². The molecule has 0 radical (unpaired) electrons. The fourth-order valence-corrected chi connectivity index (χ4v) is 3.67. The van der Waals surface area contributed by atoms with Gasteiger partial charge >= 0.3 is 0 Å². The van der Waals surface area contributed by atoms with Crippen molar-refractivity contribution in [3.63, 3.8) is 0 Å². The molecule has 148 valence electrons. The highest BCUT2D eigenvalue weighted by Gasteiger charge is 2.38. The smallest absolute Gasteiger partial charge is 0.251 e. The van der Waals surface area contributed by atoms with Crippen molar-refractivity contribution in [1.29, 1.82) is 0 Å². The Morgan fingerprint density at radius 1 is 1.27 bits per heavy atom. The van der Waals surface area contributed by atoms with Crippen molar-refractivity contribution < 1.29 is 9.53 Å². The fourth-order valence-electron chi connectivity index (χ4n) is 3.67. The average Bonchev–Trinajstić information content (AvgIpc) is 2.97. The van der Waals surface area contributed by atoms with E-state index >= 15 is 0 Å². The minimum atomic E-state index is 0. The number of fused-ring (bicyclic) bond motifs is 1. The molecule has 5 nitrogen and oxygen atoms in total. The van der Waals surface area contributed by atoms with E-state index in [4.69, 9.17) is 10.5 Å². The number of ether oxygens (including phenoxy) is 1. The van der Waals surface area contributed by atoms with E-state index in [1.54, 1.807) is 0 Å². The van der Waals surface area contributed by atoms with Crippen molar-refractivity contribution in [2.75, 3.05) is 26.2 Å². The first-order valence-corrected chi connectivity index (χ1v) is 9.02. The molecule has 3 atom stereocenters. The number of carbonyl (C=O) groups is 1. The number of nitrogens with two attached hydrogens (primary N) is 1. The molecule has 0 spiro atoms. The van der Waals surface area contributed by atoms with Crippen LogP contribution in [-0.4, -0.2) is 55.2 Å². The van der Waals surface area contributed by atoms with Crippen molar-refractivity contribution in [3.8, 4) is 0 Å². The summed E-state index contributed by atoms with van der Waals surface area (Å²) in [4.78, 5) is 14.9. The topological polar surface area (TPSA) is 67.6 Å². The quantitative estimate of drug-likeness (QED) is 0.790. The van der Waals surface area contributed by atoms with Crippen molar-refractivity contribution >= 4 is 30.7 Å². The van der Waals surface area contributed by atoms with Gasteiger partial charge in [-0.05, 0) is 43.0 Å². The van der Waals surface area contributed by atoms with Crippen molar-refractivity contribution in [2.45, 2.75) is 44.9 Å². The van der Waals surface area contributed by atoms with E-state index in [1.807, 2.05) is 24.3 Å². The Morgan fingerprint density at radius 3 is 2.58 bits per heavy atom. The Morgan fingerprint density at radius 2 is 1.96 bits per heavy atom. The van der Waals surface area contributed by atoms with Crippen LogP contribution in [0.2, 0.25) is 0 Å². The van der Waals surface area contributed by atoms with Crippen LogP contribution in [0.25, 0.3) is 0 Å². The number of amides is 1. The van der Waals surface area contributed by atoms with E-state index in [0.717, 1.165) is 38.1 Å². The molecule has 26 heavy (non-hydrogen) atoms. The van der Waals surface area contributed by atoms with E-state index < -0.39 is 0 Å². The highest BCUT2D eigenvalue weighted by atomic mass is 35.5. The van der Waals surface area contributed by atoms with E-state index in [-0.39, 0.29) is 36.8 Å². The van der Waals surface area contributed by atoms with Crippen LogP contribution < -0.4 is 11.1 Å². The summed E-state index contributed by atoms with van der Waals surface area (Å²) < 4.78 is 5.96. The Kier molecular flexibility index (Phi) is 9.34. The van der Waals surface area contributed by atoms with Gasteiger partial charge in [-0.3, -0.25) is 9.69 Å². The normalized spacial score (nSPS) is 25.2. The van der Waals surface area contributed by atoms with E-state index in [0.29, 0.717) is 24.6 Å². The first kappa shape index (κ1) is 23.2. The number of morpholine rings is 1. The minimum absolute atomic E-state index is 0. The molecule has 1 aromatic rings. The maximum Gasteiger partial charge on any atom is 0.251 e. The molecule has 1 aromatic carbocycles. The van der Waals surface area contributed by atoms with Crippen LogP contribution >= 0.6 is 24.8 Å². The summed E-state index contributed by atoms with van der Waals surface area (Å²) in [6.07, 6.45) is 2.13. The zero-order valence-corrected chi connectivity index (χ0v) is 17.2. The second kappa shape index (κ2) is 10.5. The van der Waals surface area contributed by atoms with Crippen LogP contribution in [0.4, 0.5) is 0 Å². The summed E-state index contributed by atoms with van der Waals surface area (Å²) in [7, 11) is 0. The van der Waals surface area contributed by atoms with Gasteiger partial charge in [0.05, 0.1) is 12.7 Å². The molecule has 2 heterocycles. The lowest BCUT2D eigenvalue weighted by atomic mass is 10.0. The molecule has 2 aliphatic heterocycles. The Bertz CT molecular complexity index is 568. The fraction of sp³-hybridized carbons (Fsp3) is 0.632. The van der Waals surface area contributed by atoms with Gasteiger partial charge in [0, 0.05) is 30.7 Å². The molecule has 0 aromatic heterocycles. The van der Waals surface area contributed by atoms with Crippen molar-refractivity contribution in [2.24, 2.45) is 11.7 Å². The monoisotopic (exact) mass is 403 g/mol. The SMILES string of the molecule is CC(C)[C@H]1CN2C[C@H](NC(=O)c3ccc(CCN)cc3)C[C@H]2CO1.Cl.Cl. The third-order valence-electron chi connectivity index (χ3n) is 5.17. The molecule has 2 saturated heterocycles. The summed E-state index contributed by atoms with van der Waals surface area (Å²) in [6.45, 7) is 7.72. The van der Waals surface area contributed by atoms with Crippen LogP contribution in [0.5, 0.6) is 0 Å². The molecule has 2 fully saturated rings. The number of carbonyl (C=O) groups excluding carboxylic acids is 1. The first-order chi connectivity index (χ1) is 11.6. The molecular weight excluding hydrogens is 373 g/mol. The van der Waals surface area contributed by atoms with Gasteiger partial charge in [-0.25, -0.2) is 0 Å². The van der Waals surface area contributed by atoms with Gasteiger partial charge in [0.1, 0.15) is 0 Å². The summed E-state index contributed by atoms with van der Waals surface area (Å²) in [5.41, 5.74) is 7.45.